The van der Waals surface area contributed by atoms with Gasteiger partial charge in [-0.15, -0.1) is 0 Å². The fourth-order valence-electron chi connectivity index (χ4n) is 2.04. The van der Waals surface area contributed by atoms with Crippen LogP contribution in [0.3, 0.4) is 0 Å². The molecule has 0 atom stereocenters. The van der Waals surface area contributed by atoms with Crippen molar-refractivity contribution in [2.24, 2.45) is 0 Å². The van der Waals surface area contributed by atoms with Crippen LogP contribution in [0.2, 0.25) is 6.32 Å². The van der Waals surface area contributed by atoms with Crippen LogP contribution in [0.25, 0.3) is 0 Å². The molecular formula is C8H19BN2. The molecule has 0 saturated carbocycles. The van der Waals surface area contributed by atoms with E-state index in [1.54, 1.807) is 0 Å². The highest BCUT2D eigenvalue weighted by Gasteiger charge is 2.32. The maximum Gasteiger partial charge on any atom is 0.310 e. The van der Waals surface area contributed by atoms with Gasteiger partial charge >= 0.3 is 6.98 Å². The first-order chi connectivity index (χ1) is 5.33. The SMILES string of the molecule is CCB1N(CC)CCN1CC. The van der Waals surface area contributed by atoms with Gasteiger partial charge in [-0.1, -0.05) is 20.8 Å². The summed E-state index contributed by atoms with van der Waals surface area (Å²) in [5, 5.41) is 0. The number of nitrogens with zero attached hydrogens (tertiary/aromatic N) is 2. The molecule has 2 nitrogen and oxygen atoms in total. The number of hydrogen-bond acceptors (Lipinski definition) is 2. The summed E-state index contributed by atoms with van der Waals surface area (Å²) in [7, 11) is 0. The second kappa shape index (κ2) is 4.12. The van der Waals surface area contributed by atoms with Crippen LogP contribution < -0.4 is 0 Å². The molecule has 0 spiro atoms. The molecule has 11 heavy (non-hydrogen) atoms. The van der Waals surface area contributed by atoms with Gasteiger partial charge in [0, 0.05) is 13.1 Å². The van der Waals surface area contributed by atoms with Crippen molar-refractivity contribution in [3.05, 3.63) is 0 Å². The van der Waals surface area contributed by atoms with E-state index in [2.05, 4.69) is 30.4 Å². The smallest absolute Gasteiger partial charge is 0.310 e. The highest BCUT2D eigenvalue weighted by atomic mass is 15.3. The molecule has 1 aliphatic rings. The Bertz CT molecular complexity index is 107. The van der Waals surface area contributed by atoms with Crippen LogP contribution in [0.1, 0.15) is 20.8 Å². The molecule has 64 valence electrons. The molecule has 0 N–H and O–H groups in total. The molecule has 1 heterocycles. The quantitative estimate of drug-likeness (QED) is 0.562. The van der Waals surface area contributed by atoms with E-state index in [1.807, 2.05) is 0 Å². The third kappa shape index (κ3) is 1.77. The van der Waals surface area contributed by atoms with Crippen molar-refractivity contribution in [1.29, 1.82) is 0 Å². The topological polar surface area (TPSA) is 6.48 Å². The summed E-state index contributed by atoms with van der Waals surface area (Å²) in [5.41, 5.74) is 0. The number of hydrogen-bond donors (Lipinski definition) is 0. The van der Waals surface area contributed by atoms with Crippen molar-refractivity contribution < 1.29 is 0 Å². The summed E-state index contributed by atoms with van der Waals surface area (Å²) >= 11 is 0. The van der Waals surface area contributed by atoms with E-state index < -0.39 is 0 Å². The van der Waals surface area contributed by atoms with E-state index >= 15 is 0 Å². The summed E-state index contributed by atoms with van der Waals surface area (Å²) in [5.74, 6) is 0. The van der Waals surface area contributed by atoms with Crippen LogP contribution in [-0.4, -0.2) is 42.8 Å². The number of likely N-dealkylation sites (N-methyl/N-ethyl adjacent to an activating group) is 2. The van der Waals surface area contributed by atoms with Gasteiger partial charge in [0.2, 0.25) is 0 Å². The van der Waals surface area contributed by atoms with Gasteiger partial charge in [-0.05, 0) is 19.4 Å². The summed E-state index contributed by atoms with van der Waals surface area (Å²) in [6.45, 7) is 12.4. The Morgan fingerprint density at radius 2 is 1.45 bits per heavy atom. The third-order valence-electron chi connectivity index (χ3n) is 2.69. The Morgan fingerprint density at radius 3 is 1.73 bits per heavy atom. The van der Waals surface area contributed by atoms with Gasteiger partial charge in [0.15, 0.2) is 0 Å². The van der Waals surface area contributed by atoms with Gasteiger partial charge in [-0.25, -0.2) is 0 Å². The Morgan fingerprint density at radius 1 is 1.00 bits per heavy atom. The van der Waals surface area contributed by atoms with E-state index in [-0.39, 0.29) is 0 Å². The van der Waals surface area contributed by atoms with Crippen molar-refractivity contribution in [2.75, 3.05) is 26.2 Å². The average molecular weight is 154 g/mol. The highest BCUT2D eigenvalue weighted by Crippen LogP contribution is 2.12. The van der Waals surface area contributed by atoms with Crippen molar-refractivity contribution in [1.82, 2.24) is 9.62 Å². The predicted molar refractivity (Wildman–Crippen MR) is 50.7 cm³/mol. The molecule has 1 rings (SSSR count). The minimum absolute atomic E-state index is 0.727. The molecule has 0 bridgehead atoms. The summed E-state index contributed by atoms with van der Waals surface area (Å²) in [6, 6.07) is 0. The monoisotopic (exact) mass is 154 g/mol. The second-order valence-electron chi connectivity index (χ2n) is 3.15. The Labute approximate surface area is 70.7 Å². The minimum Gasteiger partial charge on any atom is -0.327 e. The van der Waals surface area contributed by atoms with E-state index in [0.29, 0.717) is 0 Å². The normalized spacial score (nSPS) is 21.5. The van der Waals surface area contributed by atoms with Crippen LogP contribution in [0.15, 0.2) is 0 Å². The zero-order valence-electron chi connectivity index (χ0n) is 8.01. The molecule has 0 aromatic rings. The summed E-state index contributed by atoms with van der Waals surface area (Å²) < 4.78 is 0. The molecular weight excluding hydrogens is 135 g/mol. The maximum absolute atomic E-state index is 2.56. The fourth-order valence-corrected chi connectivity index (χ4v) is 2.04. The number of rotatable bonds is 3. The van der Waals surface area contributed by atoms with E-state index in [4.69, 9.17) is 0 Å². The maximum atomic E-state index is 2.56. The molecule has 1 saturated heterocycles. The van der Waals surface area contributed by atoms with E-state index in [9.17, 15) is 0 Å². The van der Waals surface area contributed by atoms with Gasteiger partial charge in [-0.3, -0.25) is 0 Å². The van der Waals surface area contributed by atoms with E-state index in [0.717, 1.165) is 6.98 Å². The van der Waals surface area contributed by atoms with Gasteiger partial charge in [-0.2, -0.15) is 0 Å². The Hall–Kier alpha value is -0.0151. The molecule has 0 unspecified atom stereocenters. The second-order valence-corrected chi connectivity index (χ2v) is 3.15. The average Bonchev–Trinajstić information content (AvgIpc) is 2.45. The molecule has 1 aliphatic heterocycles. The van der Waals surface area contributed by atoms with E-state index in [1.165, 1.54) is 32.5 Å². The molecule has 0 aromatic carbocycles. The molecule has 0 aliphatic carbocycles. The van der Waals surface area contributed by atoms with Gasteiger partial charge in [0.1, 0.15) is 0 Å². The van der Waals surface area contributed by atoms with Crippen LogP contribution >= 0.6 is 0 Å². The lowest BCUT2D eigenvalue weighted by atomic mass is 9.70. The lowest BCUT2D eigenvalue weighted by Gasteiger charge is -2.23. The first kappa shape index (κ1) is 9.08. The zero-order valence-corrected chi connectivity index (χ0v) is 8.01. The lowest BCUT2D eigenvalue weighted by Crippen LogP contribution is -2.42. The molecule has 3 heteroatoms. The Kier molecular flexibility index (Phi) is 3.40. The summed E-state index contributed by atoms with van der Waals surface area (Å²) in [6.07, 6.45) is 1.27. The van der Waals surface area contributed by atoms with Crippen LogP contribution in [-0.2, 0) is 0 Å². The van der Waals surface area contributed by atoms with Gasteiger partial charge < -0.3 is 9.62 Å². The predicted octanol–water partition coefficient (Wildman–Crippen LogP) is 1.15. The van der Waals surface area contributed by atoms with Crippen LogP contribution in [0, 0.1) is 0 Å². The lowest BCUT2D eigenvalue weighted by molar-refractivity contribution is 0.486. The highest BCUT2D eigenvalue weighted by molar-refractivity contribution is 6.53. The minimum atomic E-state index is 0.727. The van der Waals surface area contributed by atoms with Crippen molar-refractivity contribution in [3.63, 3.8) is 0 Å². The molecule has 0 aromatic heterocycles. The molecule has 1 fully saturated rings. The van der Waals surface area contributed by atoms with Crippen LogP contribution in [0.5, 0.6) is 0 Å². The Balaban J connectivity index is 2.48. The van der Waals surface area contributed by atoms with Gasteiger partial charge in [0.05, 0.1) is 0 Å². The van der Waals surface area contributed by atoms with Crippen molar-refractivity contribution in [3.8, 4) is 0 Å². The third-order valence-corrected chi connectivity index (χ3v) is 2.69. The van der Waals surface area contributed by atoms with Crippen molar-refractivity contribution >= 4 is 6.98 Å². The fraction of sp³-hybridized carbons (Fsp3) is 1.00. The largest absolute Gasteiger partial charge is 0.327 e. The molecule has 0 radical (unpaired) electrons. The summed E-state index contributed by atoms with van der Waals surface area (Å²) in [4.78, 5) is 5.12. The van der Waals surface area contributed by atoms with Crippen molar-refractivity contribution in [2.45, 2.75) is 27.1 Å². The first-order valence-electron chi connectivity index (χ1n) is 4.81. The van der Waals surface area contributed by atoms with Gasteiger partial charge in [0.25, 0.3) is 0 Å². The van der Waals surface area contributed by atoms with Crippen LogP contribution in [0.4, 0.5) is 0 Å². The molecule has 0 amide bonds. The first-order valence-corrected chi connectivity index (χ1v) is 4.81. The standard InChI is InChI=1S/C8H19BN2/c1-4-9-10(5-2)7-8-11(9)6-3/h4-8H2,1-3H3. The zero-order chi connectivity index (χ0) is 8.27.